The molecule has 0 radical (unpaired) electrons. The number of rotatable bonds is 5. The van der Waals surface area contributed by atoms with Gasteiger partial charge in [-0.25, -0.2) is 4.98 Å². The highest BCUT2D eigenvalue weighted by Crippen LogP contribution is 2.30. The van der Waals surface area contributed by atoms with Crippen molar-refractivity contribution in [2.24, 2.45) is 0 Å². The summed E-state index contributed by atoms with van der Waals surface area (Å²) in [6, 6.07) is 13.6. The van der Waals surface area contributed by atoms with Crippen molar-refractivity contribution in [1.82, 2.24) is 14.8 Å². The van der Waals surface area contributed by atoms with Crippen LogP contribution in [0.3, 0.4) is 0 Å². The average Bonchev–Trinajstić information content (AvgIpc) is 2.75. The van der Waals surface area contributed by atoms with E-state index in [1.165, 1.54) is 0 Å². The summed E-state index contributed by atoms with van der Waals surface area (Å²) in [5.41, 5.74) is 0. The first kappa shape index (κ1) is 18.6. The summed E-state index contributed by atoms with van der Waals surface area (Å²) in [6.07, 6.45) is 1.67. The summed E-state index contributed by atoms with van der Waals surface area (Å²) in [5.74, 6) is 2.61. The Morgan fingerprint density at radius 2 is 1.86 bits per heavy atom. The molecule has 1 atom stereocenters. The van der Waals surface area contributed by atoms with Crippen molar-refractivity contribution in [3.05, 3.63) is 48.7 Å². The van der Waals surface area contributed by atoms with Crippen molar-refractivity contribution < 1.29 is 14.3 Å². The first-order valence-electron chi connectivity index (χ1n) is 9.70. The minimum atomic E-state index is -0.148. The van der Waals surface area contributed by atoms with Gasteiger partial charge < -0.3 is 19.3 Å². The fraction of sp³-hybridized carbons (Fsp3) is 0.429. The number of carbonyl (C=O) groups excluding carboxylic acids is 1. The lowest BCUT2D eigenvalue weighted by Crippen LogP contribution is -2.51. The van der Waals surface area contributed by atoms with Crippen molar-refractivity contribution in [1.29, 1.82) is 0 Å². The Hall–Kier alpha value is -2.80. The first-order valence-corrected chi connectivity index (χ1v) is 9.70. The lowest BCUT2D eigenvalue weighted by molar-refractivity contribution is -0.132. The minimum Gasteiger partial charge on any atom is -0.486 e. The van der Waals surface area contributed by atoms with E-state index in [9.17, 15) is 4.79 Å². The summed E-state index contributed by atoms with van der Waals surface area (Å²) in [5, 5.41) is 0. The zero-order valence-electron chi connectivity index (χ0n) is 16.2. The van der Waals surface area contributed by atoms with Crippen molar-refractivity contribution in [2.75, 3.05) is 57.8 Å². The second kappa shape index (κ2) is 8.48. The molecule has 1 saturated heterocycles. The highest BCUT2D eigenvalue weighted by molar-refractivity contribution is 5.78. The van der Waals surface area contributed by atoms with E-state index < -0.39 is 0 Å². The second-order valence-electron chi connectivity index (χ2n) is 7.22. The van der Waals surface area contributed by atoms with E-state index in [2.05, 4.69) is 14.8 Å². The lowest BCUT2D eigenvalue weighted by Gasteiger charge is -2.36. The van der Waals surface area contributed by atoms with Gasteiger partial charge in [0.1, 0.15) is 12.4 Å². The number of anilines is 1. The smallest absolute Gasteiger partial charge is 0.236 e. The summed E-state index contributed by atoms with van der Waals surface area (Å²) in [7, 11) is 1.83. The molecule has 0 bridgehead atoms. The van der Waals surface area contributed by atoms with Gasteiger partial charge in [-0.3, -0.25) is 9.69 Å². The molecule has 1 aromatic heterocycles. The Morgan fingerprint density at radius 3 is 2.61 bits per heavy atom. The number of para-hydroxylation sites is 2. The van der Waals surface area contributed by atoms with Crippen LogP contribution in [0.4, 0.5) is 5.82 Å². The molecule has 2 aliphatic rings. The number of ether oxygens (including phenoxy) is 2. The van der Waals surface area contributed by atoms with Gasteiger partial charge in [0.15, 0.2) is 17.6 Å². The average molecular weight is 382 g/mol. The molecule has 0 unspecified atom stereocenters. The molecule has 1 fully saturated rings. The first-order chi connectivity index (χ1) is 13.7. The van der Waals surface area contributed by atoms with Gasteiger partial charge in [-0.15, -0.1) is 0 Å². The number of aromatic nitrogens is 1. The Kier molecular flexibility index (Phi) is 5.62. The Morgan fingerprint density at radius 1 is 1.11 bits per heavy atom. The van der Waals surface area contributed by atoms with Crippen molar-refractivity contribution in [3.63, 3.8) is 0 Å². The predicted octanol–water partition coefficient (Wildman–Crippen LogP) is 1.50. The molecule has 7 heteroatoms. The van der Waals surface area contributed by atoms with Crippen molar-refractivity contribution in [2.45, 2.75) is 6.10 Å². The second-order valence-corrected chi connectivity index (χ2v) is 7.22. The normalized spacial score (nSPS) is 19.3. The number of likely N-dealkylation sites (N-methyl/N-ethyl adjacent to an activating group) is 1. The van der Waals surface area contributed by atoms with Crippen LogP contribution in [0.1, 0.15) is 0 Å². The van der Waals surface area contributed by atoms with E-state index in [0.29, 0.717) is 19.7 Å². The third-order valence-corrected chi connectivity index (χ3v) is 5.18. The van der Waals surface area contributed by atoms with Gasteiger partial charge in [0.2, 0.25) is 5.91 Å². The van der Waals surface area contributed by atoms with E-state index >= 15 is 0 Å². The van der Waals surface area contributed by atoms with E-state index in [-0.39, 0.29) is 12.0 Å². The van der Waals surface area contributed by atoms with E-state index in [1.54, 1.807) is 4.90 Å². The molecule has 2 aliphatic heterocycles. The Balaban J connectivity index is 1.23. The molecule has 1 amide bonds. The number of pyridine rings is 1. The van der Waals surface area contributed by atoms with Crippen LogP contribution in [0.2, 0.25) is 0 Å². The zero-order valence-corrected chi connectivity index (χ0v) is 16.2. The van der Waals surface area contributed by atoms with Crippen LogP contribution in [0.5, 0.6) is 11.5 Å². The van der Waals surface area contributed by atoms with Crippen LogP contribution in [-0.4, -0.2) is 79.7 Å². The van der Waals surface area contributed by atoms with Crippen molar-refractivity contribution >= 4 is 11.7 Å². The standard InChI is InChI=1S/C21H26N4O3/c1-23(14-17-16-27-18-6-2-3-7-19(18)28-17)21(26)15-24-10-12-25(13-11-24)20-8-4-5-9-22-20/h2-9,17H,10-16H2,1H3/t17-/m0/s1. The minimum absolute atomic E-state index is 0.105. The fourth-order valence-electron chi connectivity index (χ4n) is 3.55. The van der Waals surface area contributed by atoms with E-state index in [0.717, 1.165) is 43.5 Å². The van der Waals surface area contributed by atoms with Gasteiger partial charge in [0.05, 0.1) is 13.1 Å². The number of benzene rings is 1. The maximum Gasteiger partial charge on any atom is 0.236 e. The summed E-state index contributed by atoms with van der Waals surface area (Å²) >= 11 is 0. The van der Waals surface area contributed by atoms with Gasteiger partial charge in [-0.05, 0) is 24.3 Å². The number of fused-ring (bicyclic) bond motifs is 1. The molecule has 7 nitrogen and oxygen atoms in total. The van der Waals surface area contributed by atoms with Crippen LogP contribution >= 0.6 is 0 Å². The number of hydrogen-bond donors (Lipinski definition) is 0. The highest BCUT2D eigenvalue weighted by Gasteiger charge is 2.25. The molecule has 1 aromatic carbocycles. The third-order valence-electron chi connectivity index (χ3n) is 5.18. The number of carbonyl (C=O) groups is 1. The number of amides is 1. The molecule has 148 valence electrons. The molecule has 2 aromatic rings. The maximum absolute atomic E-state index is 12.6. The molecular weight excluding hydrogens is 356 g/mol. The van der Waals surface area contributed by atoms with Gasteiger partial charge in [0.25, 0.3) is 0 Å². The van der Waals surface area contributed by atoms with Gasteiger partial charge >= 0.3 is 0 Å². The Bertz CT molecular complexity index is 793. The topological polar surface area (TPSA) is 58.1 Å². The fourth-order valence-corrected chi connectivity index (χ4v) is 3.55. The van der Waals surface area contributed by atoms with Crippen LogP contribution < -0.4 is 14.4 Å². The van der Waals surface area contributed by atoms with E-state index in [4.69, 9.17) is 9.47 Å². The maximum atomic E-state index is 12.6. The van der Waals surface area contributed by atoms with Gasteiger partial charge in [-0.2, -0.15) is 0 Å². The van der Waals surface area contributed by atoms with Crippen LogP contribution in [-0.2, 0) is 4.79 Å². The van der Waals surface area contributed by atoms with Crippen LogP contribution in [0.25, 0.3) is 0 Å². The summed E-state index contributed by atoms with van der Waals surface area (Å²) in [4.78, 5) is 23.3. The largest absolute Gasteiger partial charge is 0.486 e. The number of hydrogen-bond acceptors (Lipinski definition) is 6. The molecule has 0 saturated carbocycles. The number of nitrogens with zero attached hydrogens (tertiary/aromatic N) is 4. The molecule has 28 heavy (non-hydrogen) atoms. The Labute approximate surface area is 165 Å². The molecule has 0 aliphatic carbocycles. The third kappa shape index (κ3) is 4.36. The molecule has 0 spiro atoms. The SMILES string of the molecule is CN(C[C@H]1COc2ccccc2O1)C(=O)CN1CCN(c2ccccn2)CC1. The quantitative estimate of drug-likeness (QED) is 0.781. The molecule has 3 heterocycles. The lowest BCUT2D eigenvalue weighted by atomic mass is 10.2. The highest BCUT2D eigenvalue weighted by atomic mass is 16.6. The monoisotopic (exact) mass is 382 g/mol. The van der Waals surface area contributed by atoms with Crippen molar-refractivity contribution in [3.8, 4) is 11.5 Å². The summed E-state index contributed by atoms with van der Waals surface area (Å²) < 4.78 is 11.7. The zero-order chi connectivity index (χ0) is 19.3. The van der Waals surface area contributed by atoms with Gasteiger partial charge in [-0.1, -0.05) is 18.2 Å². The van der Waals surface area contributed by atoms with E-state index in [1.807, 2.05) is 55.7 Å². The predicted molar refractivity (Wildman–Crippen MR) is 107 cm³/mol. The molecule has 0 N–H and O–H groups in total. The van der Waals surface area contributed by atoms with Crippen LogP contribution in [0, 0.1) is 0 Å². The molecular formula is C21H26N4O3. The van der Waals surface area contributed by atoms with Crippen LogP contribution in [0.15, 0.2) is 48.7 Å². The molecule has 4 rings (SSSR count). The number of piperazine rings is 1. The van der Waals surface area contributed by atoms with Gasteiger partial charge in [0, 0.05) is 39.4 Å². The summed E-state index contributed by atoms with van der Waals surface area (Å²) in [6.45, 7) is 4.86.